The molecule has 0 saturated carbocycles. The number of aryl methyl sites for hydroxylation is 2. The molecule has 0 bridgehead atoms. The Morgan fingerprint density at radius 1 is 1.31 bits per heavy atom. The van der Waals surface area contributed by atoms with Crippen molar-refractivity contribution in [1.29, 1.82) is 0 Å². The van der Waals surface area contributed by atoms with Crippen molar-refractivity contribution < 1.29 is 14.3 Å². The number of carbonyl (C=O) groups excluding carboxylic acids is 1. The maximum Gasteiger partial charge on any atom is 0.233 e. The molecule has 0 radical (unpaired) electrons. The van der Waals surface area contributed by atoms with Gasteiger partial charge in [-0.3, -0.25) is 9.69 Å². The lowest BCUT2D eigenvalue weighted by molar-refractivity contribution is -0.118. The Morgan fingerprint density at radius 3 is 2.93 bits per heavy atom. The third-order valence-electron chi connectivity index (χ3n) is 5.38. The Labute approximate surface area is 175 Å². The van der Waals surface area contributed by atoms with Crippen LogP contribution >= 0.6 is 11.3 Å². The molecule has 0 N–H and O–H groups in total. The predicted molar refractivity (Wildman–Crippen MR) is 117 cm³/mol. The van der Waals surface area contributed by atoms with Crippen LogP contribution in [0.4, 0.5) is 5.13 Å². The second-order valence-electron chi connectivity index (χ2n) is 7.55. The first-order valence-electron chi connectivity index (χ1n) is 9.97. The highest BCUT2D eigenvalue weighted by atomic mass is 32.1. The van der Waals surface area contributed by atoms with Gasteiger partial charge < -0.3 is 9.47 Å². The van der Waals surface area contributed by atoms with E-state index in [1.54, 1.807) is 7.11 Å². The Morgan fingerprint density at radius 2 is 2.17 bits per heavy atom. The quantitative estimate of drug-likeness (QED) is 0.592. The molecule has 2 heterocycles. The van der Waals surface area contributed by atoms with Crippen molar-refractivity contribution in [2.75, 3.05) is 25.2 Å². The summed E-state index contributed by atoms with van der Waals surface area (Å²) in [4.78, 5) is 20.0. The van der Waals surface area contributed by atoms with Gasteiger partial charge in [-0.25, -0.2) is 4.98 Å². The third kappa shape index (κ3) is 4.28. The number of ether oxygens (including phenoxy) is 2. The molecule has 1 saturated heterocycles. The summed E-state index contributed by atoms with van der Waals surface area (Å²) >= 11 is 1.52. The molecule has 6 heteroatoms. The number of benzene rings is 2. The minimum atomic E-state index is 0.0484. The van der Waals surface area contributed by atoms with Crippen molar-refractivity contribution in [3.05, 3.63) is 53.1 Å². The molecule has 1 aliphatic rings. The molecule has 4 rings (SSSR count). The zero-order valence-corrected chi connectivity index (χ0v) is 17.9. The fourth-order valence-corrected chi connectivity index (χ4v) is 4.73. The van der Waals surface area contributed by atoms with E-state index >= 15 is 0 Å². The number of carbonyl (C=O) groups is 1. The summed E-state index contributed by atoms with van der Waals surface area (Å²) in [6.45, 7) is 5.40. The first-order chi connectivity index (χ1) is 14.0. The van der Waals surface area contributed by atoms with Crippen molar-refractivity contribution in [2.45, 2.75) is 39.2 Å². The molecule has 1 fully saturated rings. The van der Waals surface area contributed by atoms with E-state index in [-0.39, 0.29) is 12.0 Å². The van der Waals surface area contributed by atoms with Crippen LogP contribution in [-0.2, 0) is 16.0 Å². The first kappa shape index (κ1) is 19.9. The molecule has 1 atom stereocenters. The van der Waals surface area contributed by atoms with Gasteiger partial charge in [0.25, 0.3) is 0 Å². The highest BCUT2D eigenvalue weighted by Gasteiger charge is 2.27. The zero-order valence-electron chi connectivity index (χ0n) is 17.1. The number of anilines is 1. The number of rotatable bonds is 6. The van der Waals surface area contributed by atoms with E-state index in [9.17, 15) is 4.79 Å². The van der Waals surface area contributed by atoms with Crippen molar-refractivity contribution in [1.82, 2.24) is 4.98 Å². The summed E-state index contributed by atoms with van der Waals surface area (Å²) in [5.74, 6) is 0.774. The summed E-state index contributed by atoms with van der Waals surface area (Å²) in [7, 11) is 1.64. The molecular formula is C23H26N2O3S. The van der Waals surface area contributed by atoms with Gasteiger partial charge in [0, 0.05) is 6.61 Å². The van der Waals surface area contributed by atoms with Gasteiger partial charge in [-0.05, 0) is 49.9 Å². The fourth-order valence-electron chi connectivity index (χ4n) is 3.72. The molecule has 152 valence electrons. The topological polar surface area (TPSA) is 51.7 Å². The van der Waals surface area contributed by atoms with Crippen LogP contribution in [-0.4, -0.2) is 37.3 Å². The van der Waals surface area contributed by atoms with E-state index in [0.717, 1.165) is 52.1 Å². The van der Waals surface area contributed by atoms with Crippen molar-refractivity contribution in [2.24, 2.45) is 0 Å². The number of para-hydroxylation sites is 1. The fraction of sp³-hybridized carbons (Fsp3) is 0.391. The normalized spacial score (nSPS) is 16.3. The Hall–Kier alpha value is -2.44. The number of amides is 1. The predicted octanol–water partition coefficient (Wildman–Crippen LogP) is 4.68. The summed E-state index contributed by atoms with van der Waals surface area (Å²) in [5, 5.41) is 0.704. The van der Waals surface area contributed by atoms with Crippen LogP contribution in [0.25, 0.3) is 10.2 Å². The third-order valence-corrected chi connectivity index (χ3v) is 6.42. The average Bonchev–Trinajstić information content (AvgIpc) is 3.37. The molecule has 29 heavy (non-hydrogen) atoms. The molecule has 3 aromatic rings. The second kappa shape index (κ2) is 8.51. The lowest BCUT2D eigenvalue weighted by atomic mass is 10.0. The van der Waals surface area contributed by atoms with Gasteiger partial charge in [0.05, 0.1) is 30.9 Å². The average molecular weight is 411 g/mol. The lowest BCUT2D eigenvalue weighted by Gasteiger charge is -2.23. The van der Waals surface area contributed by atoms with Gasteiger partial charge in [-0.1, -0.05) is 41.2 Å². The van der Waals surface area contributed by atoms with E-state index in [1.807, 2.05) is 23.1 Å². The van der Waals surface area contributed by atoms with E-state index in [2.05, 4.69) is 32.0 Å². The standard InChI is InChI=1S/C23H26N2O3S/c1-15-9-10-16(2)17(12-15)13-21(26)25(14-18-6-5-11-28-18)23-24-22-19(27-3)7-4-8-20(22)29-23/h4,7-10,12,18H,5-6,11,13-14H2,1-3H3. The second-order valence-corrected chi connectivity index (χ2v) is 8.56. The molecule has 1 aromatic heterocycles. The van der Waals surface area contributed by atoms with Gasteiger partial charge in [-0.2, -0.15) is 0 Å². The number of thiazole rings is 1. The van der Waals surface area contributed by atoms with Crippen LogP contribution < -0.4 is 9.64 Å². The van der Waals surface area contributed by atoms with Crippen LogP contribution in [0.3, 0.4) is 0 Å². The van der Waals surface area contributed by atoms with Gasteiger partial charge in [0.1, 0.15) is 11.3 Å². The molecule has 1 amide bonds. The number of aromatic nitrogens is 1. The number of hydrogen-bond acceptors (Lipinski definition) is 5. The van der Waals surface area contributed by atoms with Crippen LogP contribution in [0.15, 0.2) is 36.4 Å². The molecule has 1 unspecified atom stereocenters. The highest BCUT2D eigenvalue weighted by Crippen LogP contribution is 2.35. The van der Waals surface area contributed by atoms with Gasteiger partial charge in [-0.15, -0.1) is 0 Å². The largest absolute Gasteiger partial charge is 0.494 e. The molecule has 0 spiro atoms. The van der Waals surface area contributed by atoms with Crippen LogP contribution in [0.5, 0.6) is 5.75 Å². The lowest BCUT2D eigenvalue weighted by Crippen LogP contribution is -2.38. The van der Waals surface area contributed by atoms with Crippen molar-refractivity contribution >= 4 is 32.6 Å². The van der Waals surface area contributed by atoms with Crippen LogP contribution in [0.1, 0.15) is 29.5 Å². The zero-order chi connectivity index (χ0) is 20.4. The summed E-state index contributed by atoms with van der Waals surface area (Å²) < 4.78 is 12.3. The summed E-state index contributed by atoms with van der Waals surface area (Å²) in [6.07, 6.45) is 2.43. The smallest absolute Gasteiger partial charge is 0.233 e. The van der Waals surface area contributed by atoms with Gasteiger partial charge >= 0.3 is 0 Å². The van der Waals surface area contributed by atoms with Crippen LogP contribution in [0.2, 0.25) is 0 Å². The number of hydrogen-bond donors (Lipinski definition) is 0. The summed E-state index contributed by atoms with van der Waals surface area (Å²) in [6, 6.07) is 12.1. The summed E-state index contributed by atoms with van der Waals surface area (Å²) in [5.41, 5.74) is 4.15. The maximum atomic E-state index is 13.4. The molecular weight excluding hydrogens is 384 g/mol. The van der Waals surface area contributed by atoms with Gasteiger partial charge in [0.2, 0.25) is 5.91 Å². The highest BCUT2D eigenvalue weighted by molar-refractivity contribution is 7.22. The molecule has 2 aromatic carbocycles. The maximum absolute atomic E-state index is 13.4. The Bertz CT molecular complexity index is 1020. The molecule has 5 nitrogen and oxygen atoms in total. The van der Waals surface area contributed by atoms with E-state index in [0.29, 0.717) is 18.1 Å². The van der Waals surface area contributed by atoms with Gasteiger partial charge in [0.15, 0.2) is 5.13 Å². The Kier molecular flexibility index (Phi) is 5.83. The number of methoxy groups -OCH3 is 1. The van der Waals surface area contributed by atoms with Crippen LogP contribution in [0, 0.1) is 13.8 Å². The van der Waals surface area contributed by atoms with E-state index in [1.165, 1.54) is 11.3 Å². The molecule has 0 aliphatic carbocycles. The van der Waals surface area contributed by atoms with E-state index < -0.39 is 0 Å². The van der Waals surface area contributed by atoms with E-state index in [4.69, 9.17) is 14.5 Å². The first-order valence-corrected chi connectivity index (χ1v) is 10.8. The van der Waals surface area contributed by atoms with Crippen molar-refractivity contribution in [3.8, 4) is 5.75 Å². The van der Waals surface area contributed by atoms with Crippen molar-refractivity contribution in [3.63, 3.8) is 0 Å². The minimum absolute atomic E-state index is 0.0484. The molecule has 1 aliphatic heterocycles. The monoisotopic (exact) mass is 410 g/mol. The Balaban J connectivity index is 1.67. The minimum Gasteiger partial charge on any atom is -0.494 e. The number of nitrogens with zero attached hydrogens (tertiary/aromatic N) is 2. The SMILES string of the molecule is COc1cccc2sc(N(CC3CCCO3)C(=O)Cc3cc(C)ccc3C)nc12. The number of fused-ring (bicyclic) bond motifs is 1.